The van der Waals surface area contributed by atoms with Gasteiger partial charge in [-0.2, -0.15) is 0 Å². The zero-order valence-corrected chi connectivity index (χ0v) is 25.5. The van der Waals surface area contributed by atoms with Gasteiger partial charge in [0.1, 0.15) is 6.10 Å². The molecule has 1 aliphatic rings. The molecule has 5 unspecified atom stereocenters. The Morgan fingerprint density at radius 3 is 1.93 bits per heavy atom. The first-order chi connectivity index (χ1) is 20.8. The first-order valence-corrected chi connectivity index (χ1v) is 14.5. The van der Waals surface area contributed by atoms with Crippen molar-refractivity contribution in [2.24, 2.45) is 0 Å². The number of carbonyl (C=O) groups is 5. The minimum Gasteiger partial charge on any atom is -0.478 e. The average Bonchev–Trinajstić information content (AvgIpc) is 3.40. The lowest BCUT2D eigenvalue weighted by atomic mass is 9.90. The van der Waals surface area contributed by atoms with E-state index in [2.05, 4.69) is 0 Å². The van der Waals surface area contributed by atoms with E-state index in [-0.39, 0.29) is 5.56 Å². The molecule has 44 heavy (non-hydrogen) atoms. The molecule has 1 fully saturated rings. The predicted molar refractivity (Wildman–Crippen MR) is 157 cm³/mol. The van der Waals surface area contributed by atoms with Crippen molar-refractivity contribution in [1.29, 1.82) is 0 Å². The second-order valence-corrected chi connectivity index (χ2v) is 11.4. The molecule has 1 saturated heterocycles. The largest absolute Gasteiger partial charge is 0.478 e. The molecule has 232 valence electrons. The van der Waals surface area contributed by atoms with Crippen molar-refractivity contribution in [3.05, 3.63) is 81.7 Å². The van der Waals surface area contributed by atoms with Crippen LogP contribution in [0, 0.1) is 6.92 Å². The SMILES string of the molecule is CC(=O)OC1OC(c2ccc(C)c(Cc3ccc(-c4ccc(C(=O)O)cc4)s3)c2)C(OC(C)=O)C(OC(C)=O)C1OC(C)=O. The lowest BCUT2D eigenvalue weighted by Crippen LogP contribution is -2.59. The maximum absolute atomic E-state index is 12.2. The summed E-state index contributed by atoms with van der Waals surface area (Å²) in [5.41, 5.74) is 3.55. The van der Waals surface area contributed by atoms with Gasteiger partial charge >= 0.3 is 29.8 Å². The van der Waals surface area contributed by atoms with E-state index in [9.17, 15) is 29.1 Å². The van der Waals surface area contributed by atoms with Gasteiger partial charge in [-0.15, -0.1) is 11.3 Å². The molecule has 1 N–H and O–H groups in total. The standard InChI is InChI=1S/C32H32O11S/c1-16-6-7-23(14-24(16)15-25-12-13-26(44-25)21-8-10-22(11-9-21)31(37)38)27-28(39-17(2)33)29(40-18(3)34)30(41-19(4)35)32(43-27)42-20(5)36/h6-14,27-30,32H,15H2,1-5H3,(H,37,38). The van der Waals surface area contributed by atoms with Crippen LogP contribution in [-0.2, 0) is 49.3 Å². The van der Waals surface area contributed by atoms with Crippen molar-refractivity contribution in [2.45, 2.75) is 71.7 Å². The second-order valence-electron chi connectivity index (χ2n) is 10.3. The van der Waals surface area contributed by atoms with E-state index in [0.29, 0.717) is 12.0 Å². The average molecular weight is 625 g/mol. The third-order valence-electron chi connectivity index (χ3n) is 6.83. The third kappa shape index (κ3) is 7.88. The van der Waals surface area contributed by atoms with Crippen molar-refractivity contribution in [2.75, 3.05) is 0 Å². The number of thiophene rings is 1. The second kappa shape index (κ2) is 13.8. The summed E-state index contributed by atoms with van der Waals surface area (Å²) in [7, 11) is 0. The molecule has 2 heterocycles. The lowest BCUT2D eigenvalue weighted by Gasteiger charge is -2.44. The van der Waals surface area contributed by atoms with Crippen LogP contribution in [0.5, 0.6) is 0 Å². The molecule has 0 bridgehead atoms. The van der Waals surface area contributed by atoms with Crippen LogP contribution in [-0.4, -0.2) is 59.6 Å². The van der Waals surface area contributed by atoms with Gasteiger partial charge in [-0.25, -0.2) is 4.79 Å². The molecule has 1 aromatic heterocycles. The van der Waals surface area contributed by atoms with Gasteiger partial charge in [0, 0.05) is 43.9 Å². The summed E-state index contributed by atoms with van der Waals surface area (Å²) in [6, 6.07) is 16.1. The van der Waals surface area contributed by atoms with Gasteiger partial charge in [0.2, 0.25) is 12.4 Å². The molecule has 0 amide bonds. The molecule has 2 aromatic carbocycles. The van der Waals surface area contributed by atoms with Gasteiger partial charge < -0.3 is 28.8 Å². The maximum atomic E-state index is 12.2. The Morgan fingerprint density at radius 2 is 1.34 bits per heavy atom. The molecule has 3 aromatic rings. The van der Waals surface area contributed by atoms with Crippen LogP contribution in [0.3, 0.4) is 0 Å². The number of rotatable bonds is 9. The number of aromatic carboxylic acids is 1. The van der Waals surface area contributed by atoms with Crippen molar-refractivity contribution < 1.29 is 52.8 Å². The molecular formula is C32H32O11S. The van der Waals surface area contributed by atoms with Crippen LogP contribution in [0.15, 0.2) is 54.6 Å². The number of hydrogen-bond acceptors (Lipinski definition) is 11. The number of aryl methyl sites for hydroxylation is 1. The Bertz CT molecular complexity index is 1560. The summed E-state index contributed by atoms with van der Waals surface area (Å²) in [5, 5.41) is 9.18. The molecule has 4 rings (SSSR count). The van der Waals surface area contributed by atoms with E-state index < -0.39 is 60.6 Å². The van der Waals surface area contributed by atoms with Crippen LogP contribution in [0.4, 0.5) is 0 Å². The Morgan fingerprint density at radius 1 is 0.750 bits per heavy atom. The van der Waals surface area contributed by atoms with Gasteiger partial charge in [-0.1, -0.05) is 30.3 Å². The molecule has 0 saturated carbocycles. The molecule has 11 nitrogen and oxygen atoms in total. The van der Waals surface area contributed by atoms with Crippen molar-refractivity contribution >= 4 is 41.2 Å². The number of hydrogen-bond donors (Lipinski definition) is 1. The van der Waals surface area contributed by atoms with Crippen LogP contribution in [0.1, 0.15) is 65.7 Å². The normalized spacial score (nSPS) is 21.2. The molecule has 0 spiro atoms. The Balaban J connectivity index is 1.69. The van der Waals surface area contributed by atoms with E-state index >= 15 is 0 Å². The van der Waals surface area contributed by atoms with Crippen LogP contribution >= 0.6 is 11.3 Å². The highest BCUT2D eigenvalue weighted by Crippen LogP contribution is 2.39. The van der Waals surface area contributed by atoms with Crippen LogP contribution in [0.25, 0.3) is 10.4 Å². The topological polar surface area (TPSA) is 152 Å². The number of carboxylic acid groups (broad SMARTS) is 1. The number of ether oxygens (including phenoxy) is 5. The molecule has 0 aliphatic carbocycles. The summed E-state index contributed by atoms with van der Waals surface area (Å²) >= 11 is 1.56. The summed E-state index contributed by atoms with van der Waals surface area (Å²) < 4.78 is 27.9. The highest BCUT2D eigenvalue weighted by Gasteiger charge is 2.53. The monoisotopic (exact) mass is 624 g/mol. The van der Waals surface area contributed by atoms with Crippen molar-refractivity contribution in [3.63, 3.8) is 0 Å². The van der Waals surface area contributed by atoms with Crippen LogP contribution < -0.4 is 0 Å². The van der Waals surface area contributed by atoms with Gasteiger partial charge in [-0.05, 0) is 53.4 Å². The number of esters is 4. The zero-order valence-electron chi connectivity index (χ0n) is 24.7. The van der Waals surface area contributed by atoms with Crippen molar-refractivity contribution in [3.8, 4) is 10.4 Å². The number of benzene rings is 2. The van der Waals surface area contributed by atoms with Gasteiger partial charge in [-0.3, -0.25) is 19.2 Å². The van der Waals surface area contributed by atoms with Crippen LogP contribution in [0.2, 0.25) is 0 Å². The number of carboxylic acids is 1. The fourth-order valence-electron chi connectivity index (χ4n) is 4.95. The van der Waals surface area contributed by atoms with Crippen molar-refractivity contribution in [1.82, 2.24) is 0 Å². The maximum Gasteiger partial charge on any atom is 0.335 e. The molecule has 5 atom stereocenters. The van der Waals surface area contributed by atoms with E-state index in [1.54, 1.807) is 41.7 Å². The lowest BCUT2D eigenvalue weighted by molar-refractivity contribution is -0.298. The Kier molecular flexibility index (Phi) is 10.2. The fourth-order valence-corrected chi connectivity index (χ4v) is 5.99. The van der Waals surface area contributed by atoms with E-state index in [0.717, 1.165) is 47.2 Å². The number of carbonyl (C=O) groups excluding carboxylic acids is 4. The van der Waals surface area contributed by atoms with E-state index in [1.165, 1.54) is 6.92 Å². The van der Waals surface area contributed by atoms with E-state index in [1.807, 2.05) is 31.2 Å². The summed E-state index contributed by atoms with van der Waals surface area (Å²) in [6.45, 7) is 6.58. The molecular weight excluding hydrogens is 592 g/mol. The Labute approximate surface area is 257 Å². The minimum atomic E-state index is -1.46. The molecule has 12 heteroatoms. The van der Waals surface area contributed by atoms with E-state index in [4.69, 9.17) is 23.7 Å². The quantitative estimate of drug-likeness (QED) is 0.259. The smallest absolute Gasteiger partial charge is 0.335 e. The first kappa shape index (κ1) is 32.4. The summed E-state index contributed by atoms with van der Waals surface area (Å²) in [4.78, 5) is 61.5. The van der Waals surface area contributed by atoms with Gasteiger partial charge in [0.15, 0.2) is 12.2 Å². The van der Waals surface area contributed by atoms with Gasteiger partial charge in [0.25, 0.3) is 0 Å². The summed E-state index contributed by atoms with van der Waals surface area (Å²) in [6.07, 6.45) is -5.98. The highest BCUT2D eigenvalue weighted by molar-refractivity contribution is 7.15. The first-order valence-electron chi connectivity index (χ1n) is 13.7. The molecule has 1 aliphatic heterocycles. The molecule has 0 radical (unpaired) electrons. The summed E-state index contributed by atoms with van der Waals surface area (Å²) in [5.74, 6) is -3.89. The fraction of sp³-hybridized carbons (Fsp3) is 0.344. The Hall–Kier alpha value is -4.55. The zero-order chi connectivity index (χ0) is 32.1. The predicted octanol–water partition coefficient (Wildman–Crippen LogP) is 4.77. The third-order valence-corrected chi connectivity index (χ3v) is 7.96. The highest BCUT2D eigenvalue weighted by atomic mass is 32.1. The van der Waals surface area contributed by atoms with Gasteiger partial charge in [0.05, 0.1) is 5.56 Å². The minimum absolute atomic E-state index is 0.209.